The number of rotatable bonds is 7. The molecule has 0 saturated carbocycles. The number of hydrogen-bond acceptors (Lipinski definition) is 7. The second-order valence-electron chi connectivity index (χ2n) is 6.54. The van der Waals surface area contributed by atoms with Gasteiger partial charge in [-0.05, 0) is 43.7 Å². The molecule has 1 aromatic carbocycles. The van der Waals surface area contributed by atoms with E-state index in [2.05, 4.69) is 22.1 Å². The minimum absolute atomic E-state index is 0.00204. The first-order chi connectivity index (χ1) is 13.1. The fourth-order valence-electron chi connectivity index (χ4n) is 3.27. The largest absolute Gasteiger partial charge is 0.473 e. The molecule has 8 heteroatoms. The van der Waals surface area contributed by atoms with E-state index in [9.17, 15) is 10.1 Å². The molecule has 0 amide bonds. The predicted molar refractivity (Wildman–Crippen MR) is 101 cm³/mol. The summed E-state index contributed by atoms with van der Waals surface area (Å²) in [5, 5.41) is 20.6. The van der Waals surface area contributed by atoms with E-state index in [1.165, 1.54) is 11.1 Å². The summed E-state index contributed by atoms with van der Waals surface area (Å²) in [7, 11) is 0. The molecule has 1 aliphatic heterocycles. The third-order valence-electron chi connectivity index (χ3n) is 4.64. The Labute approximate surface area is 158 Å². The summed E-state index contributed by atoms with van der Waals surface area (Å²) in [5.41, 5.74) is 2.36. The van der Waals surface area contributed by atoms with E-state index < -0.39 is 4.92 Å². The van der Waals surface area contributed by atoms with Crippen molar-refractivity contribution in [2.24, 2.45) is 0 Å². The number of aliphatic hydroxyl groups excluding tert-OH is 1. The first-order valence-electron chi connectivity index (χ1n) is 9.18. The zero-order chi connectivity index (χ0) is 19.2. The maximum absolute atomic E-state index is 11.8. The summed E-state index contributed by atoms with van der Waals surface area (Å²) in [6.45, 7) is 3.34. The van der Waals surface area contributed by atoms with Crippen LogP contribution >= 0.6 is 0 Å². The molecule has 27 heavy (non-hydrogen) atoms. The van der Waals surface area contributed by atoms with Crippen LogP contribution < -0.4 is 9.64 Å². The van der Waals surface area contributed by atoms with E-state index in [0.717, 1.165) is 12.8 Å². The summed E-state index contributed by atoms with van der Waals surface area (Å²) >= 11 is 0. The van der Waals surface area contributed by atoms with E-state index in [4.69, 9.17) is 9.84 Å². The van der Waals surface area contributed by atoms with Crippen molar-refractivity contribution in [3.05, 3.63) is 51.3 Å². The number of hydrogen-bond donors (Lipinski definition) is 1. The molecule has 1 N–H and O–H groups in total. The van der Waals surface area contributed by atoms with Crippen LogP contribution in [-0.4, -0.2) is 46.3 Å². The molecule has 2 heterocycles. The van der Waals surface area contributed by atoms with Crippen LogP contribution in [0.3, 0.4) is 0 Å². The molecule has 3 rings (SSSR count). The molecule has 0 atom stereocenters. The highest BCUT2D eigenvalue weighted by Gasteiger charge is 2.30. The number of unbranched alkanes of at least 4 members (excludes halogenated alkanes) is 1. The highest BCUT2D eigenvalue weighted by Crippen LogP contribution is 2.35. The average Bonchev–Trinajstić information content (AvgIpc) is 2.87. The Morgan fingerprint density at radius 1 is 1.19 bits per heavy atom. The Bertz CT molecular complexity index is 785. The van der Waals surface area contributed by atoms with Crippen LogP contribution in [0, 0.1) is 17.0 Å². The van der Waals surface area contributed by atoms with Crippen molar-refractivity contribution in [3.63, 3.8) is 0 Å². The number of fused-ring (bicyclic) bond motifs is 1. The molecule has 0 aliphatic carbocycles. The molecule has 0 fully saturated rings. The second kappa shape index (κ2) is 8.77. The van der Waals surface area contributed by atoms with Crippen LogP contribution in [-0.2, 0) is 12.8 Å². The van der Waals surface area contributed by atoms with Gasteiger partial charge in [0.15, 0.2) is 0 Å². The summed E-state index contributed by atoms with van der Waals surface area (Å²) in [4.78, 5) is 21.8. The number of anilines is 1. The van der Waals surface area contributed by atoms with Gasteiger partial charge in [-0.1, -0.05) is 24.3 Å². The van der Waals surface area contributed by atoms with E-state index in [1.807, 2.05) is 17.0 Å². The number of benzene rings is 1. The van der Waals surface area contributed by atoms with Gasteiger partial charge in [-0.3, -0.25) is 10.1 Å². The monoisotopic (exact) mass is 372 g/mol. The molecule has 1 aromatic heterocycles. The Morgan fingerprint density at radius 2 is 1.85 bits per heavy atom. The summed E-state index contributed by atoms with van der Waals surface area (Å²) in [6, 6.07) is 8.25. The predicted octanol–water partition coefficient (Wildman–Crippen LogP) is 2.45. The maximum Gasteiger partial charge on any atom is 0.372 e. The molecule has 8 nitrogen and oxygen atoms in total. The summed E-state index contributed by atoms with van der Waals surface area (Å²) in [5.74, 6) is 0.759. The minimum Gasteiger partial charge on any atom is -0.473 e. The van der Waals surface area contributed by atoms with E-state index in [0.29, 0.717) is 37.6 Å². The lowest BCUT2D eigenvalue weighted by molar-refractivity contribution is -0.385. The van der Waals surface area contributed by atoms with Gasteiger partial charge >= 0.3 is 5.69 Å². The SMILES string of the molecule is Cc1nc(OCCCCO)c([N+](=O)[O-])c(N2CCc3ccccc3CC2)n1. The summed E-state index contributed by atoms with van der Waals surface area (Å²) < 4.78 is 5.58. The molecule has 0 spiro atoms. The van der Waals surface area contributed by atoms with Crippen LogP contribution in [0.25, 0.3) is 0 Å². The van der Waals surface area contributed by atoms with Crippen LogP contribution in [0.15, 0.2) is 24.3 Å². The van der Waals surface area contributed by atoms with Crippen LogP contribution in [0.5, 0.6) is 5.88 Å². The number of nitro groups is 1. The van der Waals surface area contributed by atoms with Crippen molar-refractivity contribution in [3.8, 4) is 5.88 Å². The van der Waals surface area contributed by atoms with Gasteiger partial charge in [0.05, 0.1) is 11.5 Å². The Balaban J connectivity index is 1.88. The van der Waals surface area contributed by atoms with Crippen molar-refractivity contribution < 1.29 is 14.8 Å². The smallest absolute Gasteiger partial charge is 0.372 e. The van der Waals surface area contributed by atoms with Gasteiger partial charge in [0.2, 0.25) is 5.82 Å². The molecule has 1 aliphatic rings. The van der Waals surface area contributed by atoms with E-state index in [-0.39, 0.29) is 24.8 Å². The van der Waals surface area contributed by atoms with Gasteiger partial charge in [0, 0.05) is 19.7 Å². The normalized spacial score (nSPS) is 13.8. The number of aryl methyl sites for hydroxylation is 1. The zero-order valence-electron chi connectivity index (χ0n) is 15.4. The van der Waals surface area contributed by atoms with Gasteiger partial charge < -0.3 is 14.7 Å². The Morgan fingerprint density at radius 3 is 2.44 bits per heavy atom. The standard InChI is InChI=1S/C19H24N4O4/c1-14-20-18(17(23(25)26)19(21-14)27-13-5-4-12-24)22-10-8-15-6-2-3-7-16(15)9-11-22/h2-3,6-7,24H,4-5,8-13H2,1H3. The third kappa shape index (κ3) is 4.51. The zero-order valence-corrected chi connectivity index (χ0v) is 15.4. The van der Waals surface area contributed by atoms with Gasteiger partial charge in [-0.15, -0.1) is 0 Å². The third-order valence-corrected chi connectivity index (χ3v) is 4.64. The topological polar surface area (TPSA) is 102 Å². The van der Waals surface area contributed by atoms with Gasteiger partial charge in [-0.25, -0.2) is 4.98 Å². The highest BCUT2D eigenvalue weighted by atomic mass is 16.6. The maximum atomic E-state index is 11.8. The second-order valence-corrected chi connectivity index (χ2v) is 6.54. The molecule has 0 radical (unpaired) electrons. The van der Waals surface area contributed by atoms with Crippen LogP contribution in [0.4, 0.5) is 11.5 Å². The van der Waals surface area contributed by atoms with Gasteiger partial charge in [0.25, 0.3) is 5.88 Å². The number of ether oxygens (including phenoxy) is 1. The van der Waals surface area contributed by atoms with Crippen molar-refractivity contribution in [2.75, 3.05) is 31.2 Å². The number of aliphatic hydroxyl groups is 1. The molecular formula is C19H24N4O4. The lowest BCUT2D eigenvalue weighted by Crippen LogP contribution is -2.28. The van der Waals surface area contributed by atoms with Crippen LogP contribution in [0.2, 0.25) is 0 Å². The summed E-state index contributed by atoms with van der Waals surface area (Å²) in [6.07, 6.45) is 2.80. The molecule has 0 unspecified atom stereocenters. The van der Waals surface area contributed by atoms with Gasteiger partial charge in [-0.2, -0.15) is 4.98 Å². The van der Waals surface area contributed by atoms with Crippen molar-refractivity contribution in [2.45, 2.75) is 32.6 Å². The molecule has 0 bridgehead atoms. The van der Waals surface area contributed by atoms with Crippen molar-refractivity contribution in [1.82, 2.24) is 9.97 Å². The Hall–Kier alpha value is -2.74. The molecule has 2 aromatic rings. The Kier molecular flexibility index (Phi) is 6.18. The molecular weight excluding hydrogens is 348 g/mol. The quantitative estimate of drug-likeness (QED) is 0.452. The van der Waals surface area contributed by atoms with Gasteiger partial charge in [0.1, 0.15) is 5.82 Å². The highest BCUT2D eigenvalue weighted by molar-refractivity contribution is 5.63. The van der Waals surface area contributed by atoms with E-state index in [1.54, 1.807) is 6.92 Å². The lowest BCUT2D eigenvalue weighted by atomic mass is 10.0. The van der Waals surface area contributed by atoms with Crippen molar-refractivity contribution >= 4 is 11.5 Å². The van der Waals surface area contributed by atoms with Crippen molar-refractivity contribution in [1.29, 1.82) is 0 Å². The van der Waals surface area contributed by atoms with E-state index >= 15 is 0 Å². The molecule has 0 saturated heterocycles. The minimum atomic E-state index is -0.464. The van der Waals surface area contributed by atoms with Crippen LogP contribution in [0.1, 0.15) is 29.8 Å². The number of nitrogens with zero attached hydrogens (tertiary/aromatic N) is 4. The fourth-order valence-corrected chi connectivity index (χ4v) is 3.27. The number of aromatic nitrogens is 2. The molecule has 144 valence electrons. The first kappa shape index (κ1) is 19.0. The average molecular weight is 372 g/mol. The first-order valence-corrected chi connectivity index (χ1v) is 9.18. The lowest BCUT2D eigenvalue weighted by Gasteiger charge is -2.22. The fraction of sp³-hybridized carbons (Fsp3) is 0.474.